The van der Waals surface area contributed by atoms with Crippen LogP contribution in [0.1, 0.15) is 6.92 Å². The number of carbonyl (C=O) groups excluding carboxylic acids is 1. The summed E-state index contributed by atoms with van der Waals surface area (Å²) in [6, 6.07) is 11.9. The summed E-state index contributed by atoms with van der Waals surface area (Å²) in [7, 11) is 3.10. The Morgan fingerprint density at radius 3 is 2.50 bits per heavy atom. The van der Waals surface area contributed by atoms with Crippen LogP contribution in [0.2, 0.25) is 0 Å². The predicted octanol–water partition coefficient (Wildman–Crippen LogP) is 1.34. The summed E-state index contributed by atoms with van der Waals surface area (Å²) in [5, 5.41) is 14.1. The van der Waals surface area contributed by atoms with E-state index >= 15 is 0 Å². The monoisotopic (exact) mass is 415 g/mol. The van der Waals surface area contributed by atoms with Gasteiger partial charge in [-0.25, -0.2) is 0 Å². The molecule has 9 heteroatoms. The standard InChI is InChI=1S/C21H26N4O5/c1-15(21(26)22-17-9-8-16(29-2)14-19(17)25(27)28)23-10-12-24(13-11-23)18-6-4-5-7-20(18)30-3/h4-9,14-15H,10-13H2,1-3H3,(H,22,26)/p+1/t15-/m0/s1. The molecular weight excluding hydrogens is 388 g/mol. The lowest BCUT2D eigenvalue weighted by molar-refractivity contribution is -0.914. The van der Waals surface area contributed by atoms with Gasteiger partial charge >= 0.3 is 0 Å². The van der Waals surface area contributed by atoms with Crippen molar-refractivity contribution in [2.75, 3.05) is 50.6 Å². The lowest BCUT2D eigenvalue weighted by Gasteiger charge is -2.36. The molecule has 0 bridgehead atoms. The number of hydrogen-bond acceptors (Lipinski definition) is 6. The van der Waals surface area contributed by atoms with Crippen LogP contribution >= 0.6 is 0 Å². The third kappa shape index (κ3) is 4.62. The summed E-state index contributed by atoms with van der Waals surface area (Å²) in [6.45, 7) is 4.97. The molecule has 0 aromatic heterocycles. The summed E-state index contributed by atoms with van der Waals surface area (Å²) in [5.41, 5.74) is 1.03. The van der Waals surface area contributed by atoms with Crippen molar-refractivity contribution in [1.82, 2.24) is 0 Å². The lowest BCUT2D eigenvalue weighted by atomic mass is 10.1. The smallest absolute Gasteiger partial charge is 0.296 e. The third-order valence-corrected chi connectivity index (χ3v) is 5.50. The number of nitro benzene ring substituents is 1. The number of quaternary nitrogens is 1. The molecule has 1 fully saturated rings. The van der Waals surface area contributed by atoms with E-state index in [1.54, 1.807) is 13.2 Å². The molecule has 1 aliphatic rings. The molecule has 0 radical (unpaired) electrons. The van der Waals surface area contributed by atoms with E-state index in [0.717, 1.165) is 42.5 Å². The number of nitrogens with one attached hydrogen (secondary N) is 2. The molecule has 0 spiro atoms. The Hall–Kier alpha value is -3.33. The van der Waals surface area contributed by atoms with Crippen LogP contribution in [0, 0.1) is 10.1 Å². The second-order valence-corrected chi connectivity index (χ2v) is 7.17. The number of nitro groups is 1. The highest BCUT2D eigenvalue weighted by atomic mass is 16.6. The number of anilines is 2. The Morgan fingerprint density at radius 2 is 1.87 bits per heavy atom. The highest BCUT2D eigenvalue weighted by Crippen LogP contribution is 2.29. The zero-order valence-electron chi connectivity index (χ0n) is 17.4. The zero-order valence-corrected chi connectivity index (χ0v) is 17.4. The van der Waals surface area contributed by atoms with Crippen molar-refractivity contribution in [2.24, 2.45) is 0 Å². The van der Waals surface area contributed by atoms with Crippen molar-refractivity contribution in [2.45, 2.75) is 13.0 Å². The minimum Gasteiger partial charge on any atom is -0.496 e. The summed E-state index contributed by atoms with van der Waals surface area (Å²) < 4.78 is 10.5. The number of nitrogens with zero attached hydrogens (tertiary/aromatic N) is 2. The molecule has 0 saturated carbocycles. The fourth-order valence-corrected chi connectivity index (χ4v) is 3.68. The molecule has 3 rings (SSSR count). The zero-order chi connectivity index (χ0) is 21.7. The molecule has 2 aromatic carbocycles. The molecule has 2 N–H and O–H groups in total. The molecule has 160 valence electrons. The van der Waals surface area contributed by atoms with Gasteiger partial charge in [0, 0.05) is 0 Å². The summed E-state index contributed by atoms with van der Waals surface area (Å²) >= 11 is 0. The van der Waals surface area contributed by atoms with Gasteiger partial charge in [0.25, 0.3) is 11.6 Å². The summed E-state index contributed by atoms with van der Waals surface area (Å²) in [5.74, 6) is 0.952. The molecule has 0 aliphatic carbocycles. The van der Waals surface area contributed by atoms with Crippen LogP contribution in [0.5, 0.6) is 11.5 Å². The van der Waals surface area contributed by atoms with Crippen LogP contribution in [0.4, 0.5) is 17.1 Å². The first kappa shape index (κ1) is 21.4. The minimum atomic E-state index is -0.526. The lowest BCUT2D eigenvalue weighted by Crippen LogP contribution is -3.19. The van der Waals surface area contributed by atoms with Gasteiger partial charge in [0.1, 0.15) is 17.2 Å². The molecule has 1 amide bonds. The molecule has 1 aliphatic heterocycles. The number of benzene rings is 2. The topological polar surface area (TPSA) is 98.4 Å². The fourth-order valence-electron chi connectivity index (χ4n) is 3.68. The Labute approximate surface area is 175 Å². The van der Waals surface area contributed by atoms with E-state index in [1.807, 2.05) is 31.2 Å². The minimum absolute atomic E-state index is 0.171. The van der Waals surface area contributed by atoms with Crippen LogP contribution in [-0.4, -0.2) is 57.3 Å². The second kappa shape index (κ2) is 9.45. The van der Waals surface area contributed by atoms with E-state index in [1.165, 1.54) is 19.2 Å². The van der Waals surface area contributed by atoms with Crippen LogP contribution in [0.15, 0.2) is 42.5 Å². The summed E-state index contributed by atoms with van der Waals surface area (Å²) in [4.78, 5) is 27.0. The summed E-state index contributed by atoms with van der Waals surface area (Å²) in [6.07, 6.45) is 0. The number of amides is 1. The van der Waals surface area contributed by atoms with E-state index in [0.29, 0.717) is 5.75 Å². The highest BCUT2D eigenvalue weighted by molar-refractivity contribution is 5.95. The molecule has 1 saturated heterocycles. The maximum Gasteiger partial charge on any atom is 0.296 e. The maximum absolute atomic E-state index is 12.8. The Kier molecular flexibility index (Phi) is 6.73. The Morgan fingerprint density at radius 1 is 1.17 bits per heavy atom. The van der Waals surface area contributed by atoms with E-state index in [2.05, 4.69) is 10.2 Å². The number of para-hydroxylation sites is 2. The molecule has 9 nitrogen and oxygen atoms in total. The van der Waals surface area contributed by atoms with Crippen molar-refractivity contribution in [1.29, 1.82) is 0 Å². The van der Waals surface area contributed by atoms with Crippen molar-refractivity contribution >= 4 is 23.0 Å². The SMILES string of the molecule is COc1ccc(NC(=O)[C@H](C)[NH+]2CCN(c3ccccc3OC)CC2)c([N+](=O)[O-])c1. The number of rotatable bonds is 7. The highest BCUT2D eigenvalue weighted by Gasteiger charge is 2.31. The molecule has 1 heterocycles. The number of ether oxygens (including phenoxy) is 2. The Bertz CT molecular complexity index is 912. The average Bonchev–Trinajstić information content (AvgIpc) is 2.78. The first-order valence-corrected chi connectivity index (χ1v) is 9.80. The van der Waals surface area contributed by atoms with Crippen molar-refractivity contribution in [3.63, 3.8) is 0 Å². The molecule has 0 unspecified atom stereocenters. The van der Waals surface area contributed by atoms with Crippen LogP contribution in [0.3, 0.4) is 0 Å². The van der Waals surface area contributed by atoms with E-state index in [-0.39, 0.29) is 23.3 Å². The van der Waals surface area contributed by atoms with E-state index in [9.17, 15) is 14.9 Å². The van der Waals surface area contributed by atoms with Crippen molar-refractivity contribution in [3.05, 3.63) is 52.6 Å². The molecule has 2 aromatic rings. The van der Waals surface area contributed by atoms with Gasteiger partial charge in [-0.1, -0.05) is 12.1 Å². The molecular formula is C21H27N4O5+. The van der Waals surface area contributed by atoms with Crippen LogP contribution < -0.4 is 24.6 Å². The molecule has 30 heavy (non-hydrogen) atoms. The van der Waals surface area contributed by atoms with Crippen molar-refractivity contribution in [3.8, 4) is 11.5 Å². The van der Waals surface area contributed by atoms with E-state index < -0.39 is 4.92 Å². The quantitative estimate of drug-likeness (QED) is 0.523. The van der Waals surface area contributed by atoms with Gasteiger partial charge in [-0.2, -0.15) is 0 Å². The largest absolute Gasteiger partial charge is 0.496 e. The normalized spacial score (nSPS) is 15.4. The Balaban J connectivity index is 1.63. The van der Waals surface area contributed by atoms with Gasteiger partial charge in [0.15, 0.2) is 6.04 Å². The third-order valence-electron chi connectivity index (χ3n) is 5.50. The average molecular weight is 415 g/mol. The predicted molar refractivity (Wildman–Crippen MR) is 114 cm³/mol. The number of hydrogen-bond donors (Lipinski definition) is 2. The van der Waals surface area contributed by atoms with E-state index in [4.69, 9.17) is 9.47 Å². The van der Waals surface area contributed by atoms with Crippen LogP contribution in [0.25, 0.3) is 0 Å². The van der Waals surface area contributed by atoms with Crippen molar-refractivity contribution < 1.29 is 24.1 Å². The fraction of sp³-hybridized carbons (Fsp3) is 0.381. The van der Waals surface area contributed by atoms with Gasteiger partial charge in [-0.15, -0.1) is 0 Å². The first-order valence-electron chi connectivity index (χ1n) is 9.80. The number of piperazine rings is 1. The van der Waals surface area contributed by atoms with Gasteiger partial charge in [0.05, 0.1) is 57.1 Å². The first-order chi connectivity index (χ1) is 14.4. The van der Waals surface area contributed by atoms with Gasteiger partial charge < -0.3 is 24.6 Å². The van der Waals surface area contributed by atoms with Gasteiger partial charge in [-0.05, 0) is 31.2 Å². The maximum atomic E-state index is 12.8. The number of methoxy groups -OCH3 is 2. The van der Waals surface area contributed by atoms with Gasteiger partial charge in [-0.3, -0.25) is 14.9 Å². The van der Waals surface area contributed by atoms with Gasteiger partial charge in [0.2, 0.25) is 0 Å². The van der Waals surface area contributed by atoms with Crippen LogP contribution in [-0.2, 0) is 4.79 Å². The number of carbonyl (C=O) groups is 1. The second-order valence-electron chi connectivity index (χ2n) is 7.17. The molecule has 1 atom stereocenters.